The molecule has 3 nitrogen and oxygen atoms in total. The van der Waals surface area contributed by atoms with Crippen molar-refractivity contribution in [3.8, 4) is 0 Å². The molecule has 0 amide bonds. The number of hydrogen-bond acceptors (Lipinski definition) is 3. The van der Waals surface area contributed by atoms with E-state index in [-0.39, 0.29) is 0 Å². The third kappa shape index (κ3) is 3.86. The summed E-state index contributed by atoms with van der Waals surface area (Å²) >= 11 is 12.1. The fraction of sp³-hybridized carbons (Fsp3) is 0.600. The normalized spacial score (nSPS) is 21.6. The molecule has 0 aromatic heterocycles. The van der Waals surface area contributed by atoms with Gasteiger partial charge in [0.2, 0.25) is 0 Å². The summed E-state index contributed by atoms with van der Waals surface area (Å²) in [6, 6.07) is 6.03. The minimum Gasteiger partial charge on any atom is -0.388 e. The molecule has 1 aromatic rings. The fourth-order valence-electron chi connectivity index (χ4n) is 2.67. The zero-order chi connectivity index (χ0) is 14.7. The van der Waals surface area contributed by atoms with Gasteiger partial charge in [0, 0.05) is 24.7 Å². The summed E-state index contributed by atoms with van der Waals surface area (Å²) in [5, 5.41) is 11.2. The Bertz CT molecular complexity index is 453. The van der Waals surface area contributed by atoms with Crippen LogP contribution in [0.5, 0.6) is 0 Å². The van der Waals surface area contributed by atoms with Crippen molar-refractivity contribution in [2.24, 2.45) is 0 Å². The van der Waals surface area contributed by atoms with Gasteiger partial charge in [-0.2, -0.15) is 0 Å². The van der Waals surface area contributed by atoms with Crippen molar-refractivity contribution in [1.82, 2.24) is 9.80 Å². The highest BCUT2D eigenvalue weighted by molar-refractivity contribution is 6.42. The van der Waals surface area contributed by atoms with Gasteiger partial charge in [0.25, 0.3) is 0 Å². The average Bonchev–Trinajstić information content (AvgIpc) is 2.88. The van der Waals surface area contributed by atoms with E-state index in [1.807, 2.05) is 12.1 Å². The van der Waals surface area contributed by atoms with Gasteiger partial charge < -0.3 is 14.9 Å². The maximum absolute atomic E-state index is 10.3. The molecule has 1 heterocycles. The van der Waals surface area contributed by atoms with Crippen LogP contribution in [0.1, 0.15) is 24.5 Å². The highest BCUT2D eigenvalue weighted by Crippen LogP contribution is 2.31. The first-order valence-electron chi connectivity index (χ1n) is 6.99. The summed E-state index contributed by atoms with van der Waals surface area (Å²) in [7, 11) is 4.24. The van der Waals surface area contributed by atoms with E-state index in [0.29, 0.717) is 22.5 Å². The maximum Gasteiger partial charge on any atom is 0.0817 e. The van der Waals surface area contributed by atoms with Gasteiger partial charge in [0.05, 0.1) is 16.1 Å². The van der Waals surface area contributed by atoms with Crippen molar-refractivity contribution >= 4 is 23.2 Å². The number of likely N-dealkylation sites (N-methyl/N-ethyl adjacent to an activating group) is 1. The molecule has 1 fully saturated rings. The van der Waals surface area contributed by atoms with Gasteiger partial charge in [-0.05, 0) is 39.5 Å². The fourth-order valence-corrected chi connectivity index (χ4v) is 3.11. The Labute approximate surface area is 131 Å². The lowest BCUT2D eigenvalue weighted by Crippen LogP contribution is -2.32. The molecule has 112 valence electrons. The Balaban J connectivity index is 1.87. The number of hydrogen-bond donors (Lipinski definition) is 1. The number of likely N-dealkylation sites (tertiary alicyclic amines) is 1. The van der Waals surface area contributed by atoms with Crippen molar-refractivity contribution in [2.75, 3.05) is 33.7 Å². The molecule has 2 rings (SSSR count). The van der Waals surface area contributed by atoms with Crippen molar-refractivity contribution in [2.45, 2.75) is 25.0 Å². The van der Waals surface area contributed by atoms with Crippen molar-refractivity contribution < 1.29 is 5.11 Å². The average molecular weight is 317 g/mol. The number of aliphatic hydroxyl groups excluding tert-OH is 1. The zero-order valence-corrected chi connectivity index (χ0v) is 13.5. The predicted octanol–water partition coefficient (Wildman–Crippen LogP) is 3.05. The Hall–Kier alpha value is -0.320. The largest absolute Gasteiger partial charge is 0.388 e. The van der Waals surface area contributed by atoms with Gasteiger partial charge in [-0.3, -0.25) is 0 Å². The standard InChI is InChI=1S/C15H22Cl2N2O/c1-18(2)11-6-8-19(10-11)9-7-14(20)12-4-3-5-13(16)15(12)17/h3-5,11,14,20H,6-10H2,1-2H3. The van der Waals surface area contributed by atoms with E-state index < -0.39 is 6.10 Å². The number of aliphatic hydroxyl groups is 1. The lowest BCUT2D eigenvalue weighted by molar-refractivity contribution is 0.146. The Kier molecular flexibility index (Phi) is 5.70. The van der Waals surface area contributed by atoms with Gasteiger partial charge in [0.1, 0.15) is 0 Å². The number of nitrogens with zero attached hydrogens (tertiary/aromatic N) is 2. The first-order valence-corrected chi connectivity index (χ1v) is 7.75. The van der Waals surface area contributed by atoms with Crippen LogP contribution in [0, 0.1) is 0 Å². The number of rotatable bonds is 5. The maximum atomic E-state index is 10.3. The van der Waals surface area contributed by atoms with E-state index in [1.54, 1.807) is 6.07 Å². The highest BCUT2D eigenvalue weighted by atomic mass is 35.5. The molecule has 2 unspecified atom stereocenters. The van der Waals surface area contributed by atoms with Crippen LogP contribution in [0.3, 0.4) is 0 Å². The molecule has 1 aromatic carbocycles. The molecule has 1 saturated heterocycles. The number of benzene rings is 1. The second kappa shape index (κ2) is 7.10. The Morgan fingerprint density at radius 1 is 1.40 bits per heavy atom. The summed E-state index contributed by atoms with van der Waals surface area (Å²) in [6.45, 7) is 3.05. The van der Waals surface area contributed by atoms with Crippen LogP contribution in [-0.2, 0) is 0 Å². The molecule has 1 N–H and O–H groups in total. The van der Waals surface area contributed by atoms with Crippen LogP contribution in [0.25, 0.3) is 0 Å². The van der Waals surface area contributed by atoms with Crippen LogP contribution in [-0.4, -0.2) is 54.7 Å². The van der Waals surface area contributed by atoms with E-state index in [2.05, 4.69) is 23.9 Å². The molecule has 0 radical (unpaired) electrons. The predicted molar refractivity (Wildman–Crippen MR) is 84.6 cm³/mol. The van der Waals surface area contributed by atoms with Crippen LogP contribution >= 0.6 is 23.2 Å². The molecule has 0 bridgehead atoms. The third-order valence-corrected chi connectivity index (χ3v) is 4.87. The number of halogens is 2. The summed E-state index contributed by atoms with van der Waals surface area (Å²) in [6.07, 6.45) is 1.32. The van der Waals surface area contributed by atoms with E-state index in [9.17, 15) is 5.11 Å². The molecule has 20 heavy (non-hydrogen) atoms. The SMILES string of the molecule is CN(C)C1CCN(CCC(O)c2cccc(Cl)c2Cl)C1. The van der Waals surface area contributed by atoms with Gasteiger partial charge in [-0.25, -0.2) is 0 Å². The van der Waals surface area contributed by atoms with Crippen LogP contribution in [0.15, 0.2) is 18.2 Å². The lowest BCUT2D eigenvalue weighted by Gasteiger charge is -2.21. The Morgan fingerprint density at radius 3 is 2.80 bits per heavy atom. The van der Waals surface area contributed by atoms with Crippen molar-refractivity contribution in [1.29, 1.82) is 0 Å². The smallest absolute Gasteiger partial charge is 0.0817 e. The first-order chi connectivity index (χ1) is 9.49. The molecule has 0 aliphatic carbocycles. The van der Waals surface area contributed by atoms with E-state index in [1.165, 1.54) is 6.42 Å². The minimum atomic E-state index is -0.556. The topological polar surface area (TPSA) is 26.7 Å². The summed E-state index contributed by atoms with van der Waals surface area (Å²) < 4.78 is 0. The monoisotopic (exact) mass is 316 g/mol. The van der Waals surface area contributed by atoms with Crippen LogP contribution in [0.4, 0.5) is 0 Å². The second-order valence-electron chi connectivity index (χ2n) is 5.65. The molecule has 0 saturated carbocycles. The molecule has 1 aliphatic rings. The van der Waals surface area contributed by atoms with Gasteiger partial charge in [-0.15, -0.1) is 0 Å². The van der Waals surface area contributed by atoms with E-state index in [0.717, 1.165) is 25.2 Å². The highest BCUT2D eigenvalue weighted by Gasteiger charge is 2.24. The quantitative estimate of drug-likeness (QED) is 0.904. The molecular formula is C15H22Cl2N2O. The van der Waals surface area contributed by atoms with Crippen LogP contribution < -0.4 is 0 Å². The first kappa shape index (κ1) is 16.1. The van der Waals surface area contributed by atoms with Crippen LogP contribution in [0.2, 0.25) is 10.0 Å². The third-order valence-electron chi connectivity index (χ3n) is 4.04. The molecule has 2 atom stereocenters. The van der Waals surface area contributed by atoms with Crippen molar-refractivity contribution in [3.05, 3.63) is 33.8 Å². The summed E-state index contributed by atoms with van der Waals surface area (Å²) in [4.78, 5) is 4.66. The molecule has 5 heteroatoms. The van der Waals surface area contributed by atoms with E-state index >= 15 is 0 Å². The Morgan fingerprint density at radius 2 is 2.15 bits per heavy atom. The van der Waals surface area contributed by atoms with Gasteiger partial charge >= 0.3 is 0 Å². The van der Waals surface area contributed by atoms with Gasteiger partial charge in [0.15, 0.2) is 0 Å². The zero-order valence-electron chi connectivity index (χ0n) is 12.0. The van der Waals surface area contributed by atoms with E-state index in [4.69, 9.17) is 23.2 Å². The molecular weight excluding hydrogens is 295 g/mol. The van der Waals surface area contributed by atoms with Crippen molar-refractivity contribution in [3.63, 3.8) is 0 Å². The van der Waals surface area contributed by atoms with Gasteiger partial charge in [-0.1, -0.05) is 35.3 Å². The summed E-state index contributed by atoms with van der Waals surface area (Å²) in [5.74, 6) is 0. The molecule has 0 spiro atoms. The summed E-state index contributed by atoms with van der Waals surface area (Å²) in [5.41, 5.74) is 0.725. The second-order valence-corrected chi connectivity index (χ2v) is 6.44. The lowest BCUT2D eigenvalue weighted by atomic mass is 10.1. The minimum absolute atomic E-state index is 0.467. The molecule has 1 aliphatic heterocycles.